The van der Waals surface area contributed by atoms with Crippen molar-refractivity contribution in [1.29, 1.82) is 0 Å². The number of hydrogen-bond acceptors (Lipinski definition) is 8. The molecule has 0 aromatic heterocycles. The lowest BCUT2D eigenvalue weighted by molar-refractivity contribution is 0.0532. The molecule has 1 aliphatic rings. The number of hydrogen-bond donors (Lipinski definition) is 1. The summed E-state index contributed by atoms with van der Waals surface area (Å²) in [6, 6.07) is 0.977. The van der Waals surface area contributed by atoms with Gasteiger partial charge < -0.3 is 28.6 Å². The quantitative estimate of drug-likeness (QED) is 0.135. The molecule has 1 N–H and O–H groups in total. The Labute approximate surface area is 211 Å². The molecule has 0 spiro atoms. The van der Waals surface area contributed by atoms with Gasteiger partial charge in [-0.15, -0.1) is 0 Å². The van der Waals surface area contributed by atoms with Crippen LogP contribution in [0.2, 0.25) is 25.7 Å². The van der Waals surface area contributed by atoms with Crippen LogP contribution < -0.4 is 14.8 Å². The molecule has 1 aromatic rings. The highest BCUT2D eigenvalue weighted by atomic mass is 31.2. The first-order valence-corrected chi connectivity index (χ1v) is 17.7. The standard InChI is InChI=1S/C25H42NO7PSi/c1-9-32-34(28,33-10-2)17-26-15-18(3)11-12-20-23(29-5)19(4)21-16-31-25(27)22(21)24(20)30-13-14-35(6,7)8/h11,26H,9-10,12-17H2,1-8H3. The first kappa shape index (κ1) is 29.6. The van der Waals surface area contributed by atoms with Gasteiger partial charge in [0.1, 0.15) is 23.7 Å². The van der Waals surface area contributed by atoms with Gasteiger partial charge in [0, 0.05) is 25.7 Å². The first-order valence-electron chi connectivity index (χ1n) is 12.2. The Kier molecular flexibility index (Phi) is 11.0. The third-order valence-corrected chi connectivity index (χ3v) is 9.36. The van der Waals surface area contributed by atoms with Crippen LogP contribution >= 0.6 is 7.60 Å². The second-order valence-electron chi connectivity index (χ2n) is 9.84. The molecule has 8 nitrogen and oxygen atoms in total. The number of fused-ring (bicyclic) bond motifs is 1. The topological polar surface area (TPSA) is 92.3 Å². The number of esters is 1. The van der Waals surface area contributed by atoms with Crippen LogP contribution in [-0.4, -0.2) is 53.8 Å². The molecule has 0 saturated carbocycles. The maximum atomic E-state index is 12.6. The molecule has 10 heteroatoms. The number of rotatable bonds is 15. The molecule has 0 amide bonds. The second-order valence-corrected chi connectivity index (χ2v) is 17.5. The molecule has 2 rings (SSSR count). The van der Waals surface area contributed by atoms with Gasteiger partial charge in [-0.05, 0) is 45.7 Å². The summed E-state index contributed by atoms with van der Waals surface area (Å²) in [5, 5.41) is 3.17. The summed E-state index contributed by atoms with van der Waals surface area (Å²) < 4.78 is 40.7. The van der Waals surface area contributed by atoms with Gasteiger partial charge in [-0.3, -0.25) is 4.57 Å². The lowest BCUT2D eigenvalue weighted by Gasteiger charge is -2.21. The molecular weight excluding hydrogens is 485 g/mol. The molecule has 0 bridgehead atoms. The lowest BCUT2D eigenvalue weighted by atomic mass is 9.95. The number of carbonyl (C=O) groups excluding carboxylic acids is 1. The number of benzene rings is 1. The Bertz CT molecular complexity index is 962. The molecule has 0 unspecified atom stereocenters. The molecule has 0 aliphatic carbocycles. The molecule has 198 valence electrons. The largest absolute Gasteiger partial charge is 0.496 e. The van der Waals surface area contributed by atoms with E-state index < -0.39 is 15.7 Å². The van der Waals surface area contributed by atoms with Crippen molar-refractivity contribution < 1.29 is 32.6 Å². The molecule has 35 heavy (non-hydrogen) atoms. The Morgan fingerprint density at radius 2 is 1.83 bits per heavy atom. The normalized spacial score (nSPS) is 14.2. The van der Waals surface area contributed by atoms with E-state index in [0.717, 1.165) is 34.1 Å². The van der Waals surface area contributed by atoms with Gasteiger partial charge >= 0.3 is 13.6 Å². The van der Waals surface area contributed by atoms with Crippen LogP contribution in [0.1, 0.15) is 47.8 Å². The number of cyclic esters (lactones) is 1. The van der Waals surface area contributed by atoms with Crippen LogP contribution in [0, 0.1) is 6.92 Å². The van der Waals surface area contributed by atoms with E-state index in [1.54, 1.807) is 21.0 Å². The molecule has 1 aliphatic heterocycles. The number of allylic oxidation sites excluding steroid dienone is 1. The molecular formula is C25H42NO7PSi. The summed E-state index contributed by atoms with van der Waals surface area (Å²) in [6.07, 6.45) is 2.72. The minimum atomic E-state index is -3.15. The van der Waals surface area contributed by atoms with E-state index in [1.807, 2.05) is 13.8 Å². The van der Waals surface area contributed by atoms with Gasteiger partial charge in [0.05, 0.1) is 33.2 Å². The molecule has 0 fully saturated rings. The minimum Gasteiger partial charge on any atom is -0.496 e. The van der Waals surface area contributed by atoms with Crippen LogP contribution in [0.15, 0.2) is 11.6 Å². The van der Waals surface area contributed by atoms with Gasteiger partial charge in [-0.2, -0.15) is 0 Å². The summed E-state index contributed by atoms with van der Waals surface area (Å²) >= 11 is 0. The van der Waals surface area contributed by atoms with Crippen molar-refractivity contribution in [2.45, 2.75) is 66.4 Å². The first-order chi connectivity index (χ1) is 16.5. The Morgan fingerprint density at radius 3 is 2.40 bits per heavy atom. The monoisotopic (exact) mass is 527 g/mol. The summed E-state index contributed by atoms with van der Waals surface area (Å²) in [6.45, 7) is 16.4. The lowest BCUT2D eigenvalue weighted by Crippen LogP contribution is -2.23. The predicted molar refractivity (Wildman–Crippen MR) is 142 cm³/mol. The highest BCUT2D eigenvalue weighted by Gasteiger charge is 2.33. The minimum absolute atomic E-state index is 0.137. The molecule has 0 atom stereocenters. The van der Waals surface area contributed by atoms with Crippen molar-refractivity contribution in [3.05, 3.63) is 33.9 Å². The molecule has 1 heterocycles. The summed E-state index contributed by atoms with van der Waals surface area (Å²) in [4.78, 5) is 12.6. The van der Waals surface area contributed by atoms with Crippen LogP contribution in [0.3, 0.4) is 0 Å². The zero-order valence-electron chi connectivity index (χ0n) is 22.5. The maximum Gasteiger partial charge on any atom is 0.344 e. The summed E-state index contributed by atoms with van der Waals surface area (Å²) in [5.41, 5.74) is 4.14. The van der Waals surface area contributed by atoms with Crippen LogP contribution in [-0.2, 0) is 31.4 Å². The Hall–Kier alpha value is -1.64. The van der Waals surface area contributed by atoms with Crippen molar-refractivity contribution >= 4 is 21.6 Å². The molecule has 0 saturated heterocycles. The van der Waals surface area contributed by atoms with Gasteiger partial charge in [-0.25, -0.2) is 4.79 Å². The van der Waals surface area contributed by atoms with Crippen LogP contribution in [0.25, 0.3) is 0 Å². The van der Waals surface area contributed by atoms with E-state index in [1.165, 1.54) is 0 Å². The second kappa shape index (κ2) is 13.1. The molecule has 0 radical (unpaired) electrons. The van der Waals surface area contributed by atoms with Crippen LogP contribution in [0.5, 0.6) is 11.5 Å². The van der Waals surface area contributed by atoms with E-state index in [9.17, 15) is 9.36 Å². The number of ether oxygens (including phenoxy) is 3. The van der Waals surface area contributed by atoms with E-state index in [0.29, 0.717) is 44.1 Å². The highest BCUT2D eigenvalue weighted by molar-refractivity contribution is 7.53. The van der Waals surface area contributed by atoms with E-state index in [-0.39, 0.29) is 18.9 Å². The van der Waals surface area contributed by atoms with E-state index in [4.69, 9.17) is 23.3 Å². The number of carbonyl (C=O) groups is 1. The smallest absolute Gasteiger partial charge is 0.344 e. The van der Waals surface area contributed by atoms with E-state index >= 15 is 0 Å². The van der Waals surface area contributed by atoms with Crippen LogP contribution in [0.4, 0.5) is 0 Å². The summed E-state index contributed by atoms with van der Waals surface area (Å²) in [5.74, 6) is 0.941. The zero-order valence-corrected chi connectivity index (χ0v) is 24.4. The third kappa shape index (κ3) is 8.19. The molecule has 1 aromatic carbocycles. The predicted octanol–water partition coefficient (Wildman–Crippen LogP) is 5.69. The van der Waals surface area contributed by atoms with Gasteiger partial charge in [0.2, 0.25) is 0 Å². The average molecular weight is 528 g/mol. The Balaban J connectivity index is 2.27. The fourth-order valence-electron chi connectivity index (χ4n) is 3.89. The summed E-state index contributed by atoms with van der Waals surface area (Å²) in [7, 11) is -2.83. The van der Waals surface area contributed by atoms with Gasteiger partial charge in [-0.1, -0.05) is 31.3 Å². The number of methoxy groups -OCH3 is 1. The van der Waals surface area contributed by atoms with Crippen molar-refractivity contribution in [1.82, 2.24) is 5.32 Å². The fourth-order valence-corrected chi connectivity index (χ4v) is 6.03. The average Bonchev–Trinajstić information content (AvgIpc) is 3.15. The fraction of sp³-hybridized carbons (Fsp3) is 0.640. The van der Waals surface area contributed by atoms with Crippen molar-refractivity contribution in [3.63, 3.8) is 0 Å². The maximum absolute atomic E-state index is 12.6. The zero-order chi connectivity index (χ0) is 26.2. The number of nitrogens with one attached hydrogen (secondary N) is 1. The SMILES string of the molecule is CCOP(=O)(CNCC(C)=CCc1c(OC)c(C)c2c(c1OCC[Si](C)(C)C)C(=O)OC2)OCC. The third-order valence-electron chi connectivity index (χ3n) is 5.74. The Morgan fingerprint density at radius 1 is 1.17 bits per heavy atom. The van der Waals surface area contributed by atoms with Gasteiger partial charge in [0.15, 0.2) is 0 Å². The van der Waals surface area contributed by atoms with Crippen molar-refractivity contribution in [2.75, 3.05) is 39.8 Å². The van der Waals surface area contributed by atoms with Gasteiger partial charge in [0.25, 0.3) is 0 Å². The van der Waals surface area contributed by atoms with Crippen molar-refractivity contribution in [3.8, 4) is 11.5 Å². The van der Waals surface area contributed by atoms with E-state index in [2.05, 4.69) is 31.0 Å². The van der Waals surface area contributed by atoms with Crippen molar-refractivity contribution in [2.24, 2.45) is 0 Å². The highest BCUT2D eigenvalue weighted by Crippen LogP contribution is 2.46.